The summed E-state index contributed by atoms with van der Waals surface area (Å²) in [6, 6.07) is 7.96. The van der Waals surface area contributed by atoms with Crippen molar-refractivity contribution in [2.24, 2.45) is 5.92 Å². The Bertz CT molecular complexity index is 513. The summed E-state index contributed by atoms with van der Waals surface area (Å²) >= 11 is 0. The SMILES string of the molecule is CCN1C[C@H](C(=O)NCCCc2ccc(OC)cc2)CC1=O. The lowest BCUT2D eigenvalue weighted by Gasteiger charge is -2.13. The zero-order valence-corrected chi connectivity index (χ0v) is 13.3. The molecule has 120 valence electrons. The van der Waals surface area contributed by atoms with E-state index in [2.05, 4.69) is 5.32 Å². The van der Waals surface area contributed by atoms with Gasteiger partial charge in [0.2, 0.25) is 11.8 Å². The van der Waals surface area contributed by atoms with Crippen molar-refractivity contribution in [1.29, 1.82) is 0 Å². The fraction of sp³-hybridized carbons (Fsp3) is 0.529. The molecule has 1 saturated heterocycles. The molecular weight excluding hydrogens is 280 g/mol. The number of amides is 2. The van der Waals surface area contributed by atoms with Gasteiger partial charge in [0.05, 0.1) is 13.0 Å². The smallest absolute Gasteiger partial charge is 0.225 e. The monoisotopic (exact) mass is 304 g/mol. The van der Waals surface area contributed by atoms with Crippen LogP contribution < -0.4 is 10.1 Å². The quantitative estimate of drug-likeness (QED) is 0.779. The minimum atomic E-state index is -0.187. The Hall–Kier alpha value is -2.04. The summed E-state index contributed by atoms with van der Waals surface area (Å²) in [5, 5.41) is 2.94. The van der Waals surface area contributed by atoms with E-state index in [0.717, 1.165) is 18.6 Å². The zero-order chi connectivity index (χ0) is 15.9. The lowest BCUT2D eigenvalue weighted by molar-refractivity contribution is -0.128. The maximum absolute atomic E-state index is 12.0. The number of carbonyl (C=O) groups excluding carboxylic acids is 2. The number of rotatable bonds is 7. The van der Waals surface area contributed by atoms with Crippen molar-refractivity contribution >= 4 is 11.8 Å². The van der Waals surface area contributed by atoms with E-state index in [1.807, 2.05) is 31.2 Å². The average molecular weight is 304 g/mol. The number of ether oxygens (including phenoxy) is 1. The van der Waals surface area contributed by atoms with Gasteiger partial charge in [0.1, 0.15) is 5.75 Å². The second kappa shape index (κ2) is 7.82. The summed E-state index contributed by atoms with van der Waals surface area (Å²) in [5.74, 6) is 0.747. The van der Waals surface area contributed by atoms with Gasteiger partial charge < -0.3 is 15.0 Å². The predicted octanol–water partition coefficient (Wildman–Crippen LogP) is 1.61. The molecule has 1 N–H and O–H groups in total. The number of likely N-dealkylation sites (tertiary alicyclic amines) is 1. The van der Waals surface area contributed by atoms with Crippen molar-refractivity contribution in [1.82, 2.24) is 10.2 Å². The van der Waals surface area contributed by atoms with Crippen LogP contribution in [-0.4, -0.2) is 43.5 Å². The van der Waals surface area contributed by atoms with Gasteiger partial charge in [-0.05, 0) is 37.5 Å². The van der Waals surface area contributed by atoms with Crippen molar-refractivity contribution < 1.29 is 14.3 Å². The highest BCUT2D eigenvalue weighted by Crippen LogP contribution is 2.17. The summed E-state index contributed by atoms with van der Waals surface area (Å²) in [7, 11) is 1.65. The molecule has 0 unspecified atom stereocenters. The molecule has 5 nitrogen and oxygen atoms in total. The molecule has 1 heterocycles. The molecule has 5 heteroatoms. The second-order valence-corrected chi connectivity index (χ2v) is 5.58. The highest BCUT2D eigenvalue weighted by Gasteiger charge is 2.32. The number of nitrogens with one attached hydrogen (secondary N) is 1. The van der Waals surface area contributed by atoms with Gasteiger partial charge in [0, 0.05) is 26.1 Å². The first kappa shape index (κ1) is 16.3. The van der Waals surface area contributed by atoms with Crippen molar-refractivity contribution in [2.75, 3.05) is 26.7 Å². The Morgan fingerprint density at radius 2 is 2.09 bits per heavy atom. The molecule has 0 aromatic heterocycles. The fourth-order valence-electron chi connectivity index (χ4n) is 2.69. The minimum Gasteiger partial charge on any atom is -0.497 e. The number of methoxy groups -OCH3 is 1. The van der Waals surface area contributed by atoms with Crippen LogP contribution in [0.5, 0.6) is 5.75 Å². The van der Waals surface area contributed by atoms with Gasteiger partial charge in [-0.1, -0.05) is 12.1 Å². The second-order valence-electron chi connectivity index (χ2n) is 5.58. The van der Waals surface area contributed by atoms with Crippen molar-refractivity contribution in [2.45, 2.75) is 26.2 Å². The normalized spacial score (nSPS) is 17.6. The number of aryl methyl sites for hydroxylation is 1. The molecule has 2 rings (SSSR count). The van der Waals surface area contributed by atoms with Crippen LogP contribution in [0.2, 0.25) is 0 Å². The first-order valence-corrected chi connectivity index (χ1v) is 7.82. The maximum atomic E-state index is 12.0. The Balaban J connectivity index is 1.68. The molecule has 0 bridgehead atoms. The highest BCUT2D eigenvalue weighted by atomic mass is 16.5. The molecule has 0 aliphatic carbocycles. The molecule has 1 fully saturated rings. The van der Waals surface area contributed by atoms with Crippen LogP contribution in [0.1, 0.15) is 25.3 Å². The van der Waals surface area contributed by atoms with Crippen LogP contribution in [0.15, 0.2) is 24.3 Å². The molecule has 2 amide bonds. The first-order chi connectivity index (χ1) is 10.6. The van der Waals surface area contributed by atoms with Gasteiger partial charge >= 0.3 is 0 Å². The van der Waals surface area contributed by atoms with Gasteiger partial charge in [-0.3, -0.25) is 9.59 Å². The number of hydrogen-bond donors (Lipinski definition) is 1. The molecule has 0 spiro atoms. The van der Waals surface area contributed by atoms with Crippen LogP contribution in [0, 0.1) is 5.92 Å². The first-order valence-electron chi connectivity index (χ1n) is 7.82. The molecule has 0 radical (unpaired) electrons. The number of nitrogens with zero attached hydrogens (tertiary/aromatic N) is 1. The van der Waals surface area contributed by atoms with E-state index in [1.54, 1.807) is 12.0 Å². The Kier molecular flexibility index (Phi) is 5.81. The van der Waals surface area contributed by atoms with E-state index < -0.39 is 0 Å². The third-order valence-electron chi connectivity index (χ3n) is 4.07. The minimum absolute atomic E-state index is 0.000897. The Morgan fingerprint density at radius 1 is 1.36 bits per heavy atom. The number of benzene rings is 1. The molecule has 1 aliphatic rings. The molecule has 22 heavy (non-hydrogen) atoms. The van der Waals surface area contributed by atoms with Crippen molar-refractivity contribution in [3.05, 3.63) is 29.8 Å². The van der Waals surface area contributed by atoms with Crippen molar-refractivity contribution in [3.63, 3.8) is 0 Å². The maximum Gasteiger partial charge on any atom is 0.225 e. The largest absolute Gasteiger partial charge is 0.497 e. The molecule has 1 aromatic rings. The highest BCUT2D eigenvalue weighted by molar-refractivity contribution is 5.89. The Labute approximate surface area is 131 Å². The van der Waals surface area contributed by atoms with Gasteiger partial charge in [-0.25, -0.2) is 0 Å². The fourth-order valence-corrected chi connectivity index (χ4v) is 2.69. The van der Waals surface area contributed by atoms with Crippen LogP contribution in [0.4, 0.5) is 0 Å². The van der Waals surface area contributed by atoms with Crippen LogP contribution in [-0.2, 0) is 16.0 Å². The molecule has 1 aromatic carbocycles. The van der Waals surface area contributed by atoms with E-state index in [9.17, 15) is 9.59 Å². The summed E-state index contributed by atoms with van der Waals surface area (Å²) in [6.45, 7) is 3.81. The standard InChI is InChI=1S/C17H24N2O3/c1-3-19-12-14(11-16(19)20)17(21)18-10-4-5-13-6-8-15(22-2)9-7-13/h6-9,14H,3-5,10-12H2,1-2H3,(H,18,21)/t14-/m1/s1. The summed E-state index contributed by atoms with van der Waals surface area (Å²) in [4.78, 5) is 25.4. The van der Waals surface area contributed by atoms with Gasteiger partial charge in [0.15, 0.2) is 0 Å². The zero-order valence-electron chi connectivity index (χ0n) is 13.3. The van der Waals surface area contributed by atoms with E-state index in [1.165, 1.54) is 5.56 Å². The van der Waals surface area contributed by atoms with E-state index >= 15 is 0 Å². The molecule has 0 saturated carbocycles. The lowest BCUT2D eigenvalue weighted by atomic mass is 10.1. The molecule has 1 atom stereocenters. The summed E-state index contributed by atoms with van der Waals surface area (Å²) in [5.41, 5.74) is 1.23. The average Bonchev–Trinajstić information content (AvgIpc) is 2.93. The van der Waals surface area contributed by atoms with Gasteiger partial charge in [-0.2, -0.15) is 0 Å². The third-order valence-corrected chi connectivity index (χ3v) is 4.07. The van der Waals surface area contributed by atoms with Crippen LogP contribution >= 0.6 is 0 Å². The molecule has 1 aliphatic heterocycles. The van der Waals surface area contributed by atoms with E-state index in [4.69, 9.17) is 4.74 Å². The van der Waals surface area contributed by atoms with Crippen LogP contribution in [0.3, 0.4) is 0 Å². The van der Waals surface area contributed by atoms with E-state index in [0.29, 0.717) is 26.1 Å². The van der Waals surface area contributed by atoms with Crippen molar-refractivity contribution in [3.8, 4) is 5.75 Å². The summed E-state index contributed by atoms with van der Waals surface area (Å²) < 4.78 is 5.12. The summed E-state index contributed by atoms with van der Waals surface area (Å²) in [6.07, 6.45) is 2.14. The number of carbonyl (C=O) groups is 2. The topological polar surface area (TPSA) is 58.6 Å². The Morgan fingerprint density at radius 3 is 2.68 bits per heavy atom. The number of hydrogen-bond acceptors (Lipinski definition) is 3. The third kappa shape index (κ3) is 4.23. The van der Waals surface area contributed by atoms with Gasteiger partial charge in [-0.15, -0.1) is 0 Å². The van der Waals surface area contributed by atoms with E-state index in [-0.39, 0.29) is 17.7 Å². The van der Waals surface area contributed by atoms with Gasteiger partial charge in [0.25, 0.3) is 0 Å². The molecular formula is C17H24N2O3. The lowest BCUT2D eigenvalue weighted by Crippen LogP contribution is -2.33. The predicted molar refractivity (Wildman–Crippen MR) is 84.7 cm³/mol. The van der Waals surface area contributed by atoms with Crippen LogP contribution in [0.25, 0.3) is 0 Å².